The van der Waals surface area contributed by atoms with Crippen molar-refractivity contribution in [3.8, 4) is 0 Å². The van der Waals surface area contributed by atoms with Gasteiger partial charge in [-0.15, -0.1) is 0 Å². The summed E-state index contributed by atoms with van der Waals surface area (Å²) in [6, 6.07) is 0.991. The lowest BCUT2D eigenvalue weighted by molar-refractivity contribution is -0.143. The molecule has 1 fully saturated rings. The normalized spacial score (nSPS) is 17.1. The lowest BCUT2D eigenvalue weighted by Crippen LogP contribution is -2.39. The van der Waals surface area contributed by atoms with Crippen molar-refractivity contribution in [1.29, 1.82) is 0 Å². The zero-order valence-electron chi connectivity index (χ0n) is 19.5. The second-order valence-electron chi connectivity index (χ2n) is 8.51. The Morgan fingerprint density at radius 3 is 2.67 bits per heavy atom. The molecular formula is C23H24F4N6O3. The molecule has 9 nitrogen and oxygen atoms in total. The van der Waals surface area contributed by atoms with Gasteiger partial charge in [0.05, 0.1) is 35.1 Å². The van der Waals surface area contributed by atoms with Gasteiger partial charge in [0.25, 0.3) is 0 Å². The van der Waals surface area contributed by atoms with Crippen LogP contribution in [0.15, 0.2) is 30.6 Å². The maximum absolute atomic E-state index is 14.4. The van der Waals surface area contributed by atoms with Crippen molar-refractivity contribution < 1.29 is 31.9 Å². The Bertz CT molecular complexity index is 1300. The summed E-state index contributed by atoms with van der Waals surface area (Å²) in [4.78, 5) is 30.7. The van der Waals surface area contributed by atoms with Crippen LogP contribution in [-0.2, 0) is 20.5 Å². The second-order valence-corrected chi connectivity index (χ2v) is 8.51. The SMILES string of the molecule is CC(c1ccc(C(F)(F)F)cc1F)N(C)C(=O)C(=O)Nc1cnc(N)c2cnn(C3CCCCO3)c12. The van der Waals surface area contributed by atoms with Crippen molar-refractivity contribution in [3.63, 3.8) is 0 Å². The number of likely N-dealkylation sites (N-methyl/N-ethyl adjacent to an activating group) is 1. The zero-order chi connectivity index (χ0) is 26.2. The molecule has 0 bridgehead atoms. The van der Waals surface area contributed by atoms with E-state index in [4.69, 9.17) is 10.5 Å². The Hall–Kier alpha value is -3.74. The lowest BCUT2D eigenvalue weighted by atomic mass is 10.0. The first kappa shape index (κ1) is 25.4. The third kappa shape index (κ3) is 4.83. The summed E-state index contributed by atoms with van der Waals surface area (Å²) in [7, 11) is 1.25. The van der Waals surface area contributed by atoms with Crippen LogP contribution in [0, 0.1) is 5.82 Å². The number of alkyl halides is 3. The topological polar surface area (TPSA) is 115 Å². The van der Waals surface area contributed by atoms with E-state index in [0.717, 1.165) is 29.9 Å². The van der Waals surface area contributed by atoms with Crippen LogP contribution in [0.5, 0.6) is 0 Å². The average molecular weight is 508 g/mol. The lowest BCUT2D eigenvalue weighted by Gasteiger charge is -2.26. The van der Waals surface area contributed by atoms with Gasteiger partial charge in [0.1, 0.15) is 17.2 Å². The number of hydrogen-bond donors (Lipinski definition) is 2. The fraction of sp³-hybridized carbons (Fsp3) is 0.391. The molecule has 2 unspecified atom stereocenters. The summed E-state index contributed by atoms with van der Waals surface area (Å²) in [5, 5.41) is 7.30. The van der Waals surface area contributed by atoms with Gasteiger partial charge in [0.2, 0.25) is 0 Å². The highest BCUT2D eigenvalue weighted by Crippen LogP contribution is 2.34. The van der Waals surface area contributed by atoms with E-state index in [2.05, 4.69) is 15.4 Å². The minimum atomic E-state index is -4.71. The predicted molar refractivity (Wildman–Crippen MR) is 122 cm³/mol. The molecule has 0 spiro atoms. The Morgan fingerprint density at radius 2 is 2.03 bits per heavy atom. The number of nitrogens with one attached hydrogen (secondary N) is 1. The van der Waals surface area contributed by atoms with Gasteiger partial charge in [0.15, 0.2) is 6.23 Å². The summed E-state index contributed by atoms with van der Waals surface area (Å²) in [5.41, 5.74) is 5.24. The number of aromatic nitrogens is 3. The van der Waals surface area contributed by atoms with E-state index in [0.29, 0.717) is 30.0 Å². The van der Waals surface area contributed by atoms with Crippen molar-refractivity contribution in [2.75, 3.05) is 24.7 Å². The van der Waals surface area contributed by atoms with Crippen LogP contribution in [0.4, 0.5) is 29.1 Å². The molecule has 1 aliphatic rings. The Balaban J connectivity index is 1.56. The molecule has 3 aromatic rings. The summed E-state index contributed by atoms with van der Waals surface area (Å²) >= 11 is 0. The predicted octanol–water partition coefficient (Wildman–Crippen LogP) is 4.03. The third-order valence-electron chi connectivity index (χ3n) is 6.21. The molecule has 0 aliphatic carbocycles. The maximum atomic E-state index is 14.4. The van der Waals surface area contributed by atoms with Gasteiger partial charge in [-0.1, -0.05) is 6.07 Å². The largest absolute Gasteiger partial charge is 0.416 e. The van der Waals surface area contributed by atoms with Crippen LogP contribution in [0.3, 0.4) is 0 Å². The summed E-state index contributed by atoms with van der Waals surface area (Å²) in [6.07, 6.45) is 0.242. The van der Waals surface area contributed by atoms with Crippen molar-refractivity contribution >= 4 is 34.2 Å². The molecule has 1 aromatic carbocycles. The molecule has 2 atom stereocenters. The molecule has 1 aliphatic heterocycles. The first-order chi connectivity index (χ1) is 17.0. The first-order valence-electron chi connectivity index (χ1n) is 11.2. The molecule has 2 aromatic heterocycles. The van der Waals surface area contributed by atoms with E-state index in [9.17, 15) is 27.2 Å². The third-order valence-corrected chi connectivity index (χ3v) is 6.21. The molecule has 36 heavy (non-hydrogen) atoms. The fourth-order valence-corrected chi connectivity index (χ4v) is 4.07. The highest BCUT2D eigenvalue weighted by atomic mass is 19.4. The molecule has 1 saturated heterocycles. The van der Waals surface area contributed by atoms with Crippen LogP contribution in [-0.4, -0.2) is 45.1 Å². The van der Waals surface area contributed by atoms with E-state index in [-0.39, 0.29) is 23.3 Å². The number of benzene rings is 1. The van der Waals surface area contributed by atoms with Gasteiger partial charge in [0, 0.05) is 19.2 Å². The van der Waals surface area contributed by atoms with Gasteiger partial charge in [-0.05, 0) is 38.3 Å². The van der Waals surface area contributed by atoms with E-state index < -0.39 is 35.4 Å². The Kier molecular flexibility index (Phi) is 6.85. The standard InChI is InChI=1S/C23H24F4N6O3/c1-12(14-7-6-13(9-16(14)24)23(25,26)27)32(2)22(35)21(34)31-17-11-29-20(28)15-10-30-33(19(15)17)18-5-3-4-8-36-18/h6-7,9-12,18H,3-5,8H2,1-2H3,(H2,28,29)(H,31,34). The molecule has 0 radical (unpaired) electrons. The average Bonchev–Trinajstić information content (AvgIpc) is 3.30. The van der Waals surface area contributed by atoms with E-state index >= 15 is 0 Å². The number of ether oxygens (including phenoxy) is 1. The molecule has 13 heteroatoms. The van der Waals surface area contributed by atoms with Crippen molar-refractivity contribution in [3.05, 3.63) is 47.5 Å². The van der Waals surface area contributed by atoms with E-state index in [1.807, 2.05) is 0 Å². The molecule has 0 saturated carbocycles. The molecule has 2 amide bonds. The molecule has 192 valence electrons. The van der Waals surface area contributed by atoms with Crippen molar-refractivity contribution in [2.45, 2.75) is 44.6 Å². The van der Waals surface area contributed by atoms with E-state index in [1.165, 1.54) is 26.4 Å². The van der Waals surface area contributed by atoms with Crippen LogP contribution in [0.1, 0.15) is 49.6 Å². The maximum Gasteiger partial charge on any atom is 0.416 e. The highest BCUT2D eigenvalue weighted by molar-refractivity contribution is 6.40. The minimum absolute atomic E-state index is 0.171. The quantitative estimate of drug-likeness (QED) is 0.406. The number of nitrogens with two attached hydrogens (primary N) is 1. The monoisotopic (exact) mass is 508 g/mol. The number of amides is 2. The number of nitrogen functional groups attached to an aromatic ring is 1. The van der Waals surface area contributed by atoms with E-state index in [1.54, 1.807) is 4.68 Å². The van der Waals surface area contributed by atoms with Gasteiger partial charge in [-0.25, -0.2) is 14.1 Å². The number of fused-ring (bicyclic) bond motifs is 1. The van der Waals surface area contributed by atoms with Crippen LogP contribution in [0.2, 0.25) is 0 Å². The molecule has 4 rings (SSSR count). The molecule has 3 N–H and O–H groups in total. The first-order valence-corrected chi connectivity index (χ1v) is 11.2. The highest BCUT2D eigenvalue weighted by Gasteiger charge is 2.33. The number of nitrogens with zero attached hydrogens (tertiary/aromatic N) is 4. The number of rotatable bonds is 4. The van der Waals surface area contributed by atoms with Crippen LogP contribution in [0.25, 0.3) is 10.9 Å². The summed E-state index contributed by atoms with van der Waals surface area (Å²) in [5.74, 6) is -3.05. The second kappa shape index (κ2) is 9.72. The number of hydrogen-bond acceptors (Lipinski definition) is 6. The summed E-state index contributed by atoms with van der Waals surface area (Å²) < 4.78 is 60.3. The Morgan fingerprint density at radius 1 is 1.28 bits per heavy atom. The minimum Gasteiger partial charge on any atom is -0.383 e. The number of carbonyl (C=O) groups excluding carboxylic acids is 2. The van der Waals surface area contributed by atoms with Crippen molar-refractivity contribution in [2.24, 2.45) is 0 Å². The number of carbonyl (C=O) groups is 2. The van der Waals surface area contributed by atoms with Crippen molar-refractivity contribution in [1.82, 2.24) is 19.7 Å². The van der Waals surface area contributed by atoms with Gasteiger partial charge in [-0.3, -0.25) is 9.59 Å². The summed E-state index contributed by atoms with van der Waals surface area (Å²) in [6.45, 7) is 1.95. The Labute approximate surface area is 203 Å². The number of anilines is 2. The van der Waals surface area contributed by atoms with Crippen LogP contribution < -0.4 is 11.1 Å². The van der Waals surface area contributed by atoms with Gasteiger partial charge >= 0.3 is 18.0 Å². The van der Waals surface area contributed by atoms with Gasteiger partial charge < -0.3 is 20.7 Å². The number of halogens is 4. The van der Waals surface area contributed by atoms with Gasteiger partial charge in [-0.2, -0.15) is 18.3 Å². The fourth-order valence-electron chi connectivity index (χ4n) is 4.07. The molecule has 3 heterocycles. The van der Waals surface area contributed by atoms with Crippen LogP contribution >= 0.6 is 0 Å². The molecular weight excluding hydrogens is 484 g/mol. The zero-order valence-corrected chi connectivity index (χ0v) is 19.5. The smallest absolute Gasteiger partial charge is 0.383 e. The number of pyridine rings is 1.